The SMILES string of the molecule is CC1(C)c2ccccc2N(c2ccc(-c3nc(-c4ccccc4)nc(-c4ccc5oc6ccccc6c5c4)n3)cc2)c2ccccc21. The number of nitrogens with zero attached hydrogens (tertiary/aromatic N) is 4. The predicted molar refractivity (Wildman–Crippen MR) is 190 cm³/mol. The van der Waals surface area contributed by atoms with E-state index in [1.54, 1.807) is 0 Å². The van der Waals surface area contributed by atoms with E-state index in [-0.39, 0.29) is 5.41 Å². The number of rotatable bonds is 4. The van der Waals surface area contributed by atoms with E-state index in [1.165, 1.54) is 22.5 Å². The molecule has 0 N–H and O–H groups in total. The van der Waals surface area contributed by atoms with Gasteiger partial charge in [-0.2, -0.15) is 0 Å². The lowest BCUT2D eigenvalue weighted by Gasteiger charge is -2.42. The van der Waals surface area contributed by atoms with Crippen molar-refractivity contribution in [2.24, 2.45) is 0 Å². The van der Waals surface area contributed by atoms with Gasteiger partial charge < -0.3 is 9.32 Å². The first kappa shape index (κ1) is 27.3. The van der Waals surface area contributed by atoms with Crippen molar-refractivity contribution < 1.29 is 4.42 Å². The van der Waals surface area contributed by atoms with Gasteiger partial charge >= 0.3 is 0 Å². The Morgan fingerprint density at radius 1 is 0.468 bits per heavy atom. The lowest BCUT2D eigenvalue weighted by molar-refractivity contribution is 0.632. The molecule has 0 bridgehead atoms. The van der Waals surface area contributed by atoms with E-state index in [4.69, 9.17) is 19.4 Å². The molecule has 47 heavy (non-hydrogen) atoms. The normalized spacial score (nSPS) is 13.4. The van der Waals surface area contributed by atoms with Crippen molar-refractivity contribution in [1.29, 1.82) is 0 Å². The third-order valence-corrected chi connectivity index (χ3v) is 9.32. The van der Waals surface area contributed by atoms with Crippen LogP contribution in [0, 0.1) is 0 Å². The minimum Gasteiger partial charge on any atom is -0.456 e. The maximum absolute atomic E-state index is 6.09. The Kier molecular flexibility index (Phi) is 6.09. The minimum atomic E-state index is -0.107. The molecule has 5 nitrogen and oxygen atoms in total. The Morgan fingerprint density at radius 2 is 0.979 bits per heavy atom. The summed E-state index contributed by atoms with van der Waals surface area (Å²) in [6.07, 6.45) is 0. The lowest BCUT2D eigenvalue weighted by Crippen LogP contribution is -2.30. The van der Waals surface area contributed by atoms with Gasteiger partial charge in [0.25, 0.3) is 0 Å². The predicted octanol–water partition coefficient (Wildman–Crippen LogP) is 10.9. The highest BCUT2D eigenvalue weighted by atomic mass is 16.3. The summed E-state index contributed by atoms with van der Waals surface area (Å²) in [6, 6.07) is 50.3. The number of para-hydroxylation sites is 3. The summed E-state index contributed by atoms with van der Waals surface area (Å²) in [5.41, 5.74) is 10.4. The minimum absolute atomic E-state index is 0.107. The summed E-state index contributed by atoms with van der Waals surface area (Å²) < 4.78 is 6.09. The largest absolute Gasteiger partial charge is 0.456 e. The number of fused-ring (bicyclic) bond motifs is 5. The van der Waals surface area contributed by atoms with Gasteiger partial charge in [0, 0.05) is 38.6 Å². The third-order valence-electron chi connectivity index (χ3n) is 9.32. The van der Waals surface area contributed by atoms with Gasteiger partial charge in [0.2, 0.25) is 0 Å². The fourth-order valence-electron chi connectivity index (χ4n) is 6.92. The maximum atomic E-state index is 6.09. The number of aromatic nitrogens is 3. The maximum Gasteiger partial charge on any atom is 0.164 e. The number of hydrogen-bond donors (Lipinski definition) is 0. The van der Waals surface area contributed by atoms with Crippen LogP contribution in [0.5, 0.6) is 0 Å². The Morgan fingerprint density at radius 3 is 1.66 bits per heavy atom. The van der Waals surface area contributed by atoms with Crippen LogP contribution in [-0.2, 0) is 5.41 Å². The van der Waals surface area contributed by atoms with Gasteiger partial charge in [-0.1, -0.05) is 98.8 Å². The van der Waals surface area contributed by atoms with Crippen LogP contribution >= 0.6 is 0 Å². The summed E-state index contributed by atoms with van der Waals surface area (Å²) in [4.78, 5) is 17.3. The molecule has 3 heterocycles. The molecule has 6 aromatic carbocycles. The second kappa shape index (κ2) is 10.5. The first-order chi connectivity index (χ1) is 23.0. The van der Waals surface area contributed by atoms with Crippen molar-refractivity contribution >= 4 is 39.0 Å². The fourth-order valence-corrected chi connectivity index (χ4v) is 6.92. The second-order valence-corrected chi connectivity index (χ2v) is 12.5. The van der Waals surface area contributed by atoms with E-state index in [2.05, 4.69) is 104 Å². The first-order valence-electron chi connectivity index (χ1n) is 15.9. The van der Waals surface area contributed by atoms with Crippen molar-refractivity contribution in [2.45, 2.75) is 19.3 Å². The van der Waals surface area contributed by atoms with Crippen LogP contribution in [0.1, 0.15) is 25.0 Å². The van der Waals surface area contributed by atoms with Gasteiger partial charge in [-0.3, -0.25) is 0 Å². The summed E-state index contributed by atoms with van der Waals surface area (Å²) >= 11 is 0. The van der Waals surface area contributed by atoms with Gasteiger partial charge in [-0.05, 0) is 71.8 Å². The molecule has 9 rings (SSSR count). The zero-order valence-electron chi connectivity index (χ0n) is 26.1. The zero-order chi connectivity index (χ0) is 31.5. The quantitative estimate of drug-likeness (QED) is 0.199. The first-order valence-corrected chi connectivity index (χ1v) is 15.9. The van der Waals surface area contributed by atoms with E-state index in [9.17, 15) is 0 Å². The molecule has 0 spiro atoms. The standard InChI is InChI=1S/C42H30N4O/c1-42(2)33-15-7-9-17-35(33)46(36-18-10-8-16-34(36)42)30-23-20-28(21-24-30)40-43-39(27-12-4-3-5-13-27)44-41(45-40)29-22-25-38-32(26-29)31-14-6-11-19-37(31)47-38/h3-26H,1-2H3. The molecule has 0 radical (unpaired) electrons. The molecule has 224 valence electrons. The smallest absolute Gasteiger partial charge is 0.164 e. The molecular weight excluding hydrogens is 576 g/mol. The molecule has 5 heteroatoms. The van der Waals surface area contributed by atoms with Crippen molar-refractivity contribution in [1.82, 2.24) is 15.0 Å². The van der Waals surface area contributed by atoms with Crippen molar-refractivity contribution in [3.05, 3.63) is 157 Å². The molecule has 2 aromatic heterocycles. The molecule has 0 atom stereocenters. The van der Waals surface area contributed by atoms with E-state index in [0.717, 1.165) is 44.3 Å². The molecule has 0 amide bonds. The number of benzene rings is 6. The molecule has 1 aliphatic rings. The zero-order valence-corrected chi connectivity index (χ0v) is 26.1. The topological polar surface area (TPSA) is 55.1 Å². The Labute approximate surface area is 272 Å². The van der Waals surface area contributed by atoms with Crippen molar-refractivity contribution in [3.63, 3.8) is 0 Å². The highest BCUT2D eigenvalue weighted by molar-refractivity contribution is 6.06. The van der Waals surface area contributed by atoms with E-state index >= 15 is 0 Å². The molecule has 0 saturated heterocycles. The molecule has 0 saturated carbocycles. The van der Waals surface area contributed by atoms with Crippen LogP contribution in [0.2, 0.25) is 0 Å². The van der Waals surface area contributed by atoms with Gasteiger partial charge in [0.05, 0.1) is 11.4 Å². The van der Waals surface area contributed by atoms with E-state index in [1.807, 2.05) is 60.7 Å². The molecule has 8 aromatic rings. The summed E-state index contributed by atoms with van der Waals surface area (Å²) in [6.45, 7) is 4.61. The van der Waals surface area contributed by atoms with E-state index in [0.29, 0.717) is 17.5 Å². The van der Waals surface area contributed by atoms with Crippen LogP contribution < -0.4 is 4.90 Å². The average molecular weight is 607 g/mol. The second-order valence-electron chi connectivity index (χ2n) is 12.5. The highest BCUT2D eigenvalue weighted by Gasteiger charge is 2.36. The Bertz CT molecular complexity index is 2400. The third kappa shape index (κ3) is 4.43. The van der Waals surface area contributed by atoms with Gasteiger partial charge in [0.1, 0.15) is 11.2 Å². The van der Waals surface area contributed by atoms with Crippen LogP contribution in [0.3, 0.4) is 0 Å². The Hall–Kier alpha value is -6.07. The Balaban J connectivity index is 1.17. The summed E-state index contributed by atoms with van der Waals surface area (Å²) in [5.74, 6) is 1.87. The summed E-state index contributed by atoms with van der Waals surface area (Å²) in [7, 11) is 0. The van der Waals surface area contributed by atoms with Crippen molar-refractivity contribution in [3.8, 4) is 34.2 Å². The molecule has 0 aliphatic carbocycles. The highest BCUT2D eigenvalue weighted by Crippen LogP contribution is 2.51. The average Bonchev–Trinajstić information content (AvgIpc) is 3.50. The lowest BCUT2D eigenvalue weighted by atomic mass is 9.73. The molecule has 1 aliphatic heterocycles. The van der Waals surface area contributed by atoms with Crippen LogP contribution in [0.4, 0.5) is 17.1 Å². The van der Waals surface area contributed by atoms with Crippen LogP contribution in [0.25, 0.3) is 56.1 Å². The molecule has 0 unspecified atom stereocenters. The monoisotopic (exact) mass is 606 g/mol. The number of furan rings is 1. The van der Waals surface area contributed by atoms with Gasteiger partial charge in [-0.25, -0.2) is 15.0 Å². The molecular formula is C42H30N4O. The number of hydrogen-bond acceptors (Lipinski definition) is 5. The van der Waals surface area contributed by atoms with Gasteiger partial charge in [-0.15, -0.1) is 0 Å². The van der Waals surface area contributed by atoms with Gasteiger partial charge in [0.15, 0.2) is 17.5 Å². The fraction of sp³-hybridized carbons (Fsp3) is 0.0714. The number of anilines is 3. The van der Waals surface area contributed by atoms with Crippen LogP contribution in [-0.4, -0.2) is 15.0 Å². The van der Waals surface area contributed by atoms with Crippen LogP contribution in [0.15, 0.2) is 150 Å². The van der Waals surface area contributed by atoms with Crippen molar-refractivity contribution in [2.75, 3.05) is 4.90 Å². The molecule has 0 fully saturated rings. The summed E-state index contributed by atoms with van der Waals surface area (Å²) in [5, 5.41) is 2.11. The van der Waals surface area contributed by atoms with E-state index < -0.39 is 0 Å².